The zero-order chi connectivity index (χ0) is 13.4. The fraction of sp³-hybridized carbons (Fsp3) is 0.429. The normalized spacial score (nSPS) is 14.8. The van der Waals surface area contributed by atoms with Crippen molar-refractivity contribution in [3.8, 4) is 0 Å². The molecule has 4 nitrogen and oxygen atoms in total. The fourth-order valence-corrected chi connectivity index (χ4v) is 2.56. The summed E-state index contributed by atoms with van der Waals surface area (Å²) < 4.78 is 7.08. The number of hydrogen-bond acceptors (Lipinski definition) is 3. The molecule has 0 N–H and O–H groups in total. The lowest BCUT2D eigenvalue weighted by Gasteiger charge is -2.09. The van der Waals surface area contributed by atoms with E-state index >= 15 is 0 Å². The quantitative estimate of drug-likeness (QED) is 0.637. The van der Waals surface area contributed by atoms with Gasteiger partial charge in [0.15, 0.2) is 5.15 Å². The van der Waals surface area contributed by atoms with Crippen LogP contribution in [0.1, 0.15) is 30.3 Å². The van der Waals surface area contributed by atoms with Gasteiger partial charge in [0.2, 0.25) is 0 Å². The van der Waals surface area contributed by atoms with Gasteiger partial charge in [-0.1, -0.05) is 11.6 Å². The van der Waals surface area contributed by atoms with E-state index in [2.05, 4.69) is 4.98 Å². The summed E-state index contributed by atoms with van der Waals surface area (Å²) >= 11 is 6.18. The van der Waals surface area contributed by atoms with Crippen LogP contribution in [0.15, 0.2) is 18.3 Å². The molecule has 1 aliphatic rings. The highest BCUT2D eigenvalue weighted by molar-refractivity contribution is 6.34. The van der Waals surface area contributed by atoms with E-state index < -0.39 is 0 Å². The number of pyridine rings is 1. The lowest BCUT2D eigenvalue weighted by Crippen LogP contribution is -2.13. The maximum Gasteiger partial charge on any atom is 0.354 e. The van der Waals surface area contributed by atoms with E-state index in [1.54, 1.807) is 13.1 Å². The van der Waals surface area contributed by atoms with Gasteiger partial charge in [0, 0.05) is 18.1 Å². The number of hydrogen-bond donors (Lipinski definition) is 0. The van der Waals surface area contributed by atoms with Gasteiger partial charge in [-0.05, 0) is 37.8 Å². The minimum Gasteiger partial charge on any atom is -0.461 e. The molecule has 2 aromatic heterocycles. The minimum atomic E-state index is -0.296. The Hall–Kier alpha value is -1.55. The van der Waals surface area contributed by atoms with Gasteiger partial charge in [-0.15, -0.1) is 0 Å². The molecular formula is C14H15ClN2O2. The van der Waals surface area contributed by atoms with Gasteiger partial charge >= 0.3 is 5.97 Å². The number of nitrogens with zero attached hydrogens (tertiary/aromatic N) is 2. The molecule has 2 heterocycles. The van der Waals surface area contributed by atoms with E-state index in [0.29, 0.717) is 23.4 Å². The molecular weight excluding hydrogens is 264 g/mol. The van der Waals surface area contributed by atoms with E-state index in [-0.39, 0.29) is 5.97 Å². The first-order valence-electron chi connectivity index (χ1n) is 6.51. The minimum absolute atomic E-state index is 0.296. The SMILES string of the molecule is CCOC(=O)c1cc2ccnc(Cl)c2n1CC1CC1. The highest BCUT2D eigenvalue weighted by Crippen LogP contribution is 2.34. The van der Waals surface area contributed by atoms with Crippen molar-refractivity contribution in [1.29, 1.82) is 0 Å². The predicted molar refractivity (Wildman–Crippen MR) is 73.4 cm³/mol. The van der Waals surface area contributed by atoms with Crippen molar-refractivity contribution in [2.75, 3.05) is 6.61 Å². The maximum absolute atomic E-state index is 12.0. The summed E-state index contributed by atoms with van der Waals surface area (Å²) in [5, 5.41) is 1.37. The zero-order valence-electron chi connectivity index (χ0n) is 10.7. The van der Waals surface area contributed by atoms with Crippen LogP contribution in [0.2, 0.25) is 5.15 Å². The topological polar surface area (TPSA) is 44.1 Å². The smallest absolute Gasteiger partial charge is 0.354 e. The molecule has 0 aliphatic heterocycles. The second-order valence-corrected chi connectivity index (χ2v) is 5.20. The van der Waals surface area contributed by atoms with Crippen LogP contribution in [0.3, 0.4) is 0 Å². The number of fused-ring (bicyclic) bond motifs is 1. The van der Waals surface area contributed by atoms with Gasteiger partial charge in [0.05, 0.1) is 12.1 Å². The van der Waals surface area contributed by atoms with Crippen LogP contribution in [0.5, 0.6) is 0 Å². The van der Waals surface area contributed by atoms with Crippen molar-refractivity contribution in [1.82, 2.24) is 9.55 Å². The molecule has 1 fully saturated rings. The molecule has 0 bridgehead atoms. The van der Waals surface area contributed by atoms with Gasteiger partial charge in [-0.25, -0.2) is 9.78 Å². The molecule has 0 atom stereocenters. The first kappa shape index (κ1) is 12.5. The average Bonchev–Trinajstić information content (AvgIpc) is 3.11. The number of halogens is 1. The number of rotatable bonds is 4. The van der Waals surface area contributed by atoms with Gasteiger partial charge in [-0.3, -0.25) is 0 Å². The largest absolute Gasteiger partial charge is 0.461 e. The summed E-state index contributed by atoms with van der Waals surface area (Å²) in [6.07, 6.45) is 4.07. The number of aromatic nitrogens is 2. The summed E-state index contributed by atoms with van der Waals surface area (Å²) in [6, 6.07) is 3.70. The molecule has 1 aliphatic carbocycles. The third kappa shape index (κ3) is 2.32. The van der Waals surface area contributed by atoms with E-state index in [9.17, 15) is 4.79 Å². The number of carbonyl (C=O) groups excluding carboxylic acids is 1. The highest BCUT2D eigenvalue weighted by atomic mass is 35.5. The Labute approximate surface area is 116 Å². The lowest BCUT2D eigenvalue weighted by atomic mass is 10.3. The first-order valence-corrected chi connectivity index (χ1v) is 6.89. The Kier molecular flexibility index (Phi) is 3.19. The Balaban J connectivity index is 2.13. The van der Waals surface area contributed by atoms with Crippen LogP contribution >= 0.6 is 11.6 Å². The summed E-state index contributed by atoms with van der Waals surface area (Å²) in [4.78, 5) is 16.1. The Morgan fingerprint density at radius 1 is 1.58 bits per heavy atom. The van der Waals surface area contributed by atoms with Crippen LogP contribution in [0.4, 0.5) is 0 Å². The molecule has 1 saturated carbocycles. The van der Waals surface area contributed by atoms with Gasteiger partial charge in [0.25, 0.3) is 0 Å². The molecule has 0 radical (unpaired) electrons. The van der Waals surface area contributed by atoms with E-state index in [4.69, 9.17) is 16.3 Å². The summed E-state index contributed by atoms with van der Waals surface area (Å²) in [5.41, 5.74) is 1.40. The summed E-state index contributed by atoms with van der Waals surface area (Å²) in [5.74, 6) is 0.343. The predicted octanol–water partition coefficient (Wildman–Crippen LogP) is 3.28. The lowest BCUT2D eigenvalue weighted by molar-refractivity contribution is 0.0514. The van der Waals surface area contributed by atoms with Crippen LogP contribution in [0, 0.1) is 5.92 Å². The third-order valence-electron chi connectivity index (χ3n) is 3.39. The van der Waals surface area contributed by atoms with E-state index in [1.165, 1.54) is 12.8 Å². The molecule has 3 rings (SSSR count). The average molecular weight is 279 g/mol. The molecule has 5 heteroatoms. The summed E-state index contributed by atoms with van der Waals surface area (Å²) in [7, 11) is 0. The number of esters is 1. The molecule has 0 spiro atoms. The second kappa shape index (κ2) is 4.85. The van der Waals surface area contributed by atoms with Crippen LogP contribution < -0.4 is 0 Å². The van der Waals surface area contributed by atoms with E-state index in [1.807, 2.05) is 16.7 Å². The molecule has 0 unspecified atom stereocenters. The summed E-state index contributed by atoms with van der Waals surface area (Å²) in [6.45, 7) is 2.99. The van der Waals surface area contributed by atoms with Crippen LogP contribution in [-0.4, -0.2) is 22.1 Å². The second-order valence-electron chi connectivity index (χ2n) is 4.84. The molecule has 2 aromatic rings. The molecule has 0 amide bonds. The molecule has 100 valence electrons. The van der Waals surface area contributed by atoms with Crippen LogP contribution in [0.25, 0.3) is 10.9 Å². The van der Waals surface area contributed by atoms with Gasteiger partial charge in [0.1, 0.15) is 5.69 Å². The van der Waals surface area contributed by atoms with Gasteiger partial charge in [-0.2, -0.15) is 0 Å². The molecule has 19 heavy (non-hydrogen) atoms. The van der Waals surface area contributed by atoms with Gasteiger partial charge < -0.3 is 9.30 Å². The van der Waals surface area contributed by atoms with Crippen LogP contribution in [-0.2, 0) is 11.3 Å². The van der Waals surface area contributed by atoms with Crippen molar-refractivity contribution < 1.29 is 9.53 Å². The standard InChI is InChI=1S/C14H15ClN2O2/c1-2-19-14(18)11-7-10-5-6-16-13(15)12(10)17(11)8-9-3-4-9/h5-7,9H,2-4,8H2,1H3. The Bertz CT molecular complexity index is 632. The Morgan fingerprint density at radius 3 is 3.05 bits per heavy atom. The highest BCUT2D eigenvalue weighted by Gasteiger charge is 2.26. The fourth-order valence-electron chi connectivity index (χ4n) is 2.29. The van der Waals surface area contributed by atoms with Crippen molar-refractivity contribution in [2.24, 2.45) is 5.92 Å². The van der Waals surface area contributed by atoms with Crippen molar-refractivity contribution in [3.05, 3.63) is 29.2 Å². The van der Waals surface area contributed by atoms with Crippen molar-refractivity contribution in [3.63, 3.8) is 0 Å². The van der Waals surface area contributed by atoms with Crippen molar-refractivity contribution >= 4 is 28.5 Å². The third-order valence-corrected chi connectivity index (χ3v) is 3.66. The van der Waals surface area contributed by atoms with E-state index in [0.717, 1.165) is 17.4 Å². The molecule has 0 aromatic carbocycles. The zero-order valence-corrected chi connectivity index (χ0v) is 11.5. The first-order chi connectivity index (χ1) is 9.20. The molecule has 0 saturated heterocycles. The monoisotopic (exact) mass is 278 g/mol. The maximum atomic E-state index is 12.0. The number of carbonyl (C=O) groups is 1. The number of ether oxygens (including phenoxy) is 1. The Morgan fingerprint density at radius 2 is 2.37 bits per heavy atom. The van der Waals surface area contributed by atoms with Crippen molar-refractivity contribution in [2.45, 2.75) is 26.3 Å².